The predicted octanol–water partition coefficient (Wildman–Crippen LogP) is 6.20. The average Bonchev–Trinajstić information content (AvgIpc) is 3.43. The number of nitrogens with one attached hydrogen (secondary N) is 2. The number of carbonyl (C=O) groups excluding carboxylic acids is 1. The smallest absolute Gasteiger partial charge is 0.267 e. The molecule has 0 aliphatic rings. The number of oxazole rings is 1. The second-order valence-electron chi connectivity index (χ2n) is 7.02. The molecule has 0 spiro atoms. The molecule has 0 saturated heterocycles. The van der Waals surface area contributed by atoms with Crippen molar-refractivity contribution in [2.24, 2.45) is 0 Å². The normalized spacial score (nSPS) is 11.9. The van der Waals surface area contributed by atoms with Crippen molar-refractivity contribution >= 4 is 51.4 Å². The van der Waals surface area contributed by atoms with Crippen LogP contribution in [0.4, 0.5) is 5.69 Å². The van der Waals surface area contributed by atoms with Crippen molar-refractivity contribution in [3.05, 3.63) is 70.4 Å². The highest BCUT2D eigenvalue weighted by Crippen LogP contribution is 2.28. The number of nitrogens with zero attached hydrogens (tertiary/aromatic N) is 1. The summed E-state index contributed by atoms with van der Waals surface area (Å²) < 4.78 is 5.92. The van der Waals surface area contributed by atoms with Crippen LogP contribution < -0.4 is 10.6 Å². The maximum absolute atomic E-state index is 12.1. The molecule has 1 amide bonds. The summed E-state index contributed by atoms with van der Waals surface area (Å²) in [5, 5.41) is 7.79. The van der Waals surface area contributed by atoms with Gasteiger partial charge in [0.15, 0.2) is 10.7 Å². The molecule has 2 aromatic carbocycles. The molecular weight excluding hydrogens is 414 g/mol. The fourth-order valence-corrected chi connectivity index (χ4v) is 3.87. The van der Waals surface area contributed by atoms with Gasteiger partial charge in [-0.2, -0.15) is 0 Å². The van der Waals surface area contributed by atoms with Crippen molar-refractivity contribution in [1.82, 2.24) is 10.3 Å². The number of carbonyl (C=O) groups is 1. The molecule has 30 heavy (non-hydrogen) atoms. The largest absolute Gasteiger partial charge is 0.436 e. The molecule has 0 aliphatic carbocycles. The quantitative estimate of drug-likeness (QED) is 0.366. The third-order valence-electron chi connectivity index (χ3n) is 4.95. The first-order valence-electron chi connectivity index (χ1n) is 9.70. The zero-order valence-corrected chi connectivity index (χ0v) is 18.3. The number of amides is 1. The van der Waals surface area contributed by atoms with Crippen molar-refractivity contribution in [3.8, 4) is 11.5 Å². The lowest BCUT2D eigenvalue weighted by molar-refractivity contribution is 0.0981. The molecule has 2 aromatic heterocycles. The van der Waals surface area contributed by atoms with Crippen LogP contribution >= 0.6 is 23.6 Å². The van der Waals surface area contributed by atoms with Crippen LogP contribution in [-0.4, -0.2) is 16.0 Å². The summed E-state index contributed by atoms with van der Waals surface area (Å²) in [7, 11) is 0. The van der Waals surface area contributed by atoms with Gasteiger partial charge >= 0.3 is 0 Å². The highest BCUT2D eigenvalue weighted by Gasteiger charge is 2.12. The Morgan fingerprint density at radius 2 is 2.00 bits per heavy atom. The molecule has 1 atom stereocenters. The molecule has 4 rings (SSSR count). The van der Waals surface area contributed by atoms with Crippen LogP contribution in [0.5, 0.6) is 0 Å². The minimum atomic E-state index is -0.220. The van der Waals surface area contributed by atoms with E-state index in [0.717, 1.165) is 28.8 Å². The van der Waals surface area contributed by atoms with Gasteiger partial charge in [0.2, 0.25) is 5.89 Å². The van der Waals surface area contributed by atoms with Gasteiger partial charge in [0.25, 0.3) is 5.91 Å². The molecule has 0 saturated carbocycles. The van der Waals surface area contributed by atoms with Crippen molar-refractivity contribution in [2.75, 3.05) is 5.32 Å². The topological polar surface area (TPSA) is 67.2 Å². The van der Waals surface area contributed by atoms with E-state index in [0.29, 0.717) is 16.7 Å². The molecule has 0 fully saturated rings. The van der Waals surface area contributed by atoms with E-state index in [2.05, 4.69) is 41.6 Å². The van der Waals surface area contributed by atoms with Gasteiger partial charge in [0, 0.05) is 11.3 Å². The van der Waals surface area contributed by atoms with E-state index >= 15 is 0 Å². The molecule has 4 aromatic rings. The average molecular weight is 436 g/mol. The highest BCUT2D eigenvalue weighted by molar-refractivity contribution is 7.80. The first-order valence-corrected chi connectivity index (χ1v) is 11.0. The van der Waals surface area contributed by atoms with E-state index in [9.17, 15) is 4.79 Å². The van der Waals surface area contributed by atoms with Crippen LogP contribution in [0.15, 0.2) is 64.4 Å². The zero-order valence-electron chi connectivity index (χ0n) is 16.6. The number of benzene rings is 2. The number of rotatable bonds is 5. The second kappa shape index (κ2) is 8.77. The van der Waals surface area contributed by atoms with Crippen LogP contribution in [0.2, 0.25) is 0 Å². The minimum absolute atomic E-state index is 0.220. The summed E-state index contributed by atoms with van der Waals surface area (Å²) in [5.41, 5.74) is 4.54. The Labute approximate surface area is 184 Å². The van der Waals surface area contributed by atoms with Gasteiger partial charge in [-0.15, -0.1) is 11.3 Å². The number of anilines is 1. The maximum Gasteiger partial charge on any atom is 0.267 e. The minimum Gasteiger partial charge on any atom is -0.436 e. The first-order chi connectivity index (χ1) is 14.5. The molecule has 2 heterocycles. The summed E-state index contributed by atoms with van der Waals surface area (Å²) in [6.45, 7) is 4.39. The molecule has 0 aliphatic heterocycles. The fourth-order valence-electron chi connectivity index (χ4n) is 3.04. The van der Waals surface area contributed by atoms with Gasteiger partial charge in [-0.25, -0.2) is 4.98 Å². The molecule has 152 valence electrons. The van der Waals surface area contributed by atoms with Gasteiger partial charge in [-0.05, 0) is 78.0 Å². The lowest BCUT2D eigenvalue weighted by atomic mass is 9.98. The van der Waals surface area contributed by atoms with E-state index < -0.39 is 0 Å². The predicted molar refractivity (Wildman–Crippen MR) is 126 cm³/mol. The monoisotopic (exact) mass is 435 g/mol. The number of fused-ring (bicyclic) bond motifs is 1. The Kier molecular flexibility index (Phi) is 5.92. The first kappa shape index (κ1) is 20.3. The number of thiocarbonyl (C=S) groups is 1. The summed E-state index contributed by atoms with van der Waals surface area (Å²) >= 11 is 6.60. The lowest BCUT2D eigenvalue weighted by Crippen LogP contribution is -2.33. The van der Waals surface area contributed by atoms with Crippen molar-refractivity contribution in [3.63, 3.8) is 0 Å². The van der Waals surface area contributed by atoms with E-state index in [-0.39, 0.29) is 11.0 Å². The van der Waals surface area contributed by atoms with Gasteiger partial charge in [-0.1, -0.05) is 26.0 Å². The Balaban J connectivity index is 1.45. The van der Waals surface area contributed by atoms with Crippen LogP contribution in [-0.2, 0) is 0 Å². The van der Waals surface area contributed by atoms with Crippen LogP contribution in [0.1, 0.15) is 41.4 Å². The zero-order chi connectivity index (χ0) is 21.1. The molecule has 0 radical (unpaired) electrons. The van der Waals surface area contributed by atoms with Crippen LogP contribution in [0, 0.1) is 0 Å². The summed E-state index contributed by atoms with van der Waals surface area (Å²) in [4.78, 5) is 17.3. The van der Waals surface area contributed by atoms with Crippen molar-refractivity contribution < 1.29 is 9.21 Å². The maximum atomic E-state index is 12.1. The second-order valence-corrected chi connectivity index (χ2v) is 8.37. The Bertz CT molecular complexity index is 1180. The van der Waals surface area contributed by atoms with E-state index in [4.69, 9.17) is 16.6 Å². The Morgan fingerprint density at radius 3 is 2.70 bits per heavy atom. The standard InChI is InChI=1S/C23H21N3O2S2/c1-3-14(2)16-8-11-19-18(13-16)25-22(28-19)15-6-9-17(10-7-15)24-23(29)26-21(27)20-5-4-12-30-20/h4-14H,3H2,1-2H3,(H2,24,26,27,29)/t14-/m1/s1. The summed E-state index contributed by atoms with van der Waals surface area (Å²) in [6, 6.07) is 17.3. The lowest BCUT2D eigenvalue weighted by Gasteiger charge is -2.09. The SMILES string of the molecule is CC[C@@H](C)c1ccc2oc(-c3ccc(NC(=S)NC(=O)c4cccs4)cc3)nc2c1. The number of hydrogen-bond acceptors (Lipinski definition) is 5. The molecule has 5 nitrogen and oxygen atoms in total. The van der Waals surface area contributed by atoms with Crippen LogP contribution in [0.25, 0.3) is 22.6 Å². The summed E-state index contributed by atoms with van der Waals surface area (Å²) in [6.07, 6.45) is 1.08. The van der Waals surface area contributed by atoms with E-state index in [1.54, 1.807) is 6.07 Å². The van der Waals surface area contributed by atoms with Crippen molar-refractivity contribution in [1.29, 1.82) is 0 Å². The van der Waals surface area contributed by atoms with Gasteiger partial charge in [0.1, 0.15) is 5.52 Å². The summed E-state index contributed by atoms with van der Waals surface area (Å²) in [5.74, 6) is 0.845. The molecule has 0 bridgehead atoms. The van der Waals surface area contributed by atoms with Gasteiger partial charge in [-0.3, -0.25) is 10.1 Å². The van der Waals surface area contributed by atoms with Gasteiger partial charge in [0.05, 0.1) is 4.88 Å². The van der Waals surface area contributed by atoms with Crippen LogP contribution in [0.3, 0.4) is 0 Å². The number of hydrogen-bond donors (Lipinski definition) is 2. The third kappa shape index (κ3) is 4.42. The van der Waals surface area contributed by atoms with Crippen molar-refractivity contribution in [2.45, 2.75) is 26.2 Å². The number of aromatic nitrogens is 1. The fraction of sp³-hybridized carbons (Fsp3) is 0.174. The molecular formula is C23H21N3O2S2. The van der Waals surface area contributed by atoms with E-state index in [1.165, 1.54) is 16.9 Å². The Morgan fingerprint density at radius 1 is 1.20 bits per heavy atom. The van der Waals surface area contributed by atoms with Gasteiger partial charge < -0.3 is 9.73 Å². The molecule has 7 heteroatoms. The molecule has 2 N–H and O–H groups in total. The Hall–Kier alpha value is -3.03. The highest BCUT2D eigenvalue weighted by atomic mass is 32.1. The third-order valence-corrected chi connectivity index (χ3v) is 6.03. The van der Waals surface area contributed by atoms with E-state index in [1.807, 2.05) is 41.8 Å². The number of thiophene rings is 1. The molecule has 0 unspecified atom stereocenters.